The first-order chi connectivity index (χ1) is 8.40. The van der Waals surface area contributed by atoms with Gasteiger partial charge in [0, 0.05) is 19.2 Å². The van der Waals surface area contributed by atoms with Crippen LogP contribution in [0.5, 0.6) is 0 Å². The maximum absolute atomic E-state index is 11.6. The maximum atomic E-state index is 11.6. The van der Waals surface area contributed by atoms with Gasteiger partial charge >= 0.3 is 0 Å². The van der Waals surface area contributed by atoms with Crippen LogP contribution >= 0.6 is 11.6 Å². The standard InChI is InChI=1S/C11H15ClN4O2/c1-6-8(10(12)15(3)14-6)4-16-5-9(17)13-11(18)7(16)2/h7H,4-5H2,1-3H3,(H,13,17,18). The molecule has 1 fully saturated rings. The van der Waals surface area contributed by atoms with E-state index in [4.69, 9.17) is 11.6 Å². The van der Waals surface area contributed by atoms with Gasteiger partial charge in [0.2, 0.25) is 11.8 Å². The Morgan fingerprint density at radius 2 is 2.17 bits per heavy atom. The lowest BCUT2D eigenvalue weighted by molar-refractivity contribution is -0.139. The SMILES string of the molecule is Cc1nn(C)c(Cl)c1CN1CC(=O)NC(=O)C1C. The molecular weight excluding hydrogens is 256 g/mol. The van der Waals surface area contributed by atoms with Crippen LogP contribution in [0.1, 0.15) is 18.2 Å². The third-order valence-corrected chi connectivity index (χ3v) is 3.64. The molecule has 1 unspecified atom stereocenters. The molecule has 0 bridgehead atoms. The van der Waals surface area contributed by atoms with Crippen LogP contribution in [0.25, 0.3) is 0 Å². The van der Waals surface area contributed by atoms with E-state index in [2.05, 4.69) is 10.4 Å². The fourth-order valence-corrected chi connectivity index (χ4v) is 2.25. The van der Waals surface area contributed by atoms with E-state index >= 15 is 0 Å². The molecule has 2 rings (SSSR count). The Balaban J connectivity index is 2.22. The van der Waals surface area contributed by atoms with Crippen molar-refractivity contribution in [1.82, 2.24) is 20.0 Å². The molecule has 1 atom stereocenters. The summed E-state index contributed by atoms with van der Waals surface area (Å²) in [5.74, 6) is -0.556. The highest BCUT2D eigenvalue weighted by molar-refractivity contribution is 6.30. The summed E-state index contributed by atoms with van der Waals surface area (Å²) < 4.78 is 1.59. The maximum Gasteiger partial charge on any atom is 0.243 e. The normalized spacial score (nSPS) is 21.2. The Morgan fingerprint density at radius 1 is 1.50 bits per heavy atom. The predicted octanol–water partition coefficient (Wildman–Crippen LogP) is 0.229. The molecule has 6 nitrogen and oxygen atoms in total. The Bertz CT molecular complexity index is 511. The topological polar surface area (TPSA) is 67.2 Å². The minimum atomic E-state index is -0.349. The molecule has 1 N–H and O–H groups in total. The second kappa shape index (κ2) is 4.70. The van der Waals surface area contributed by atoms with Gasteiger partial charge in [0.15, 0.2) is 0 Å². The second-order valence-corrected chi connectivity index (χ2v) is 4.83. The zero-order valence-corrected chi connectivity index (χ0v) is 11.3. The van der Waals surface area contributed by atoms with Crippen LogP contribution in [0.2, 0.25) is 5.15 Å². The summed E-state index contributed by atoms with van der Waals surface area (Å²) in [5.41, 5.74) is 1.67. The van der Waals surface area contributed by atoms with Crippen LogP contribution in [0.15, 0.2) is 0 Å². The molecule has 7 heteroatoms. The minimum absolute atomic E-state index is 0.192. The monoisotopic (exact) mass is 270 g/mol. The van der Waals surface area contributed by atoms with Gasteiger partial charge < -0.3 is 0 Å². The van der Waals surface area contributed by atoms with Crippen LogP contribution in [0, 0.1) is 6.92 Å². The lowest BCUT2D eigenvalue weighted by Gasteiger charge is -2.31. The highest BCUT2D eigenvalue weighted by atomic mass is 35.5. The van der Waals surface area contributed by atoms with Crippen molar-refractivity contribution in [2.24, 2.45) is 7.05 Å². The van der Waals surface area contributed by atoms with Crippen molar-refractivity contribution < 1.29 is 9.59 Å². The van der Waals surface area contributed by atoms with E-state index in [1.54, 1.807) is 23.6 Å². The molecule has 0 spiro atoms. The first-order valence-electron chi connectivity index (χ1n) is 5.66. The number of carbonyl (C=O) groups is 2. The lowest BCUT2D eigenvalue weighted by Crippen LogP contribution is -2.56. The number of aromatic nitrogens is 2. The first-order valence-corrected chi connectivity index (χ1v) is 6.03. The van der Waals surface area contributed by atoms with E-state index in [1.807, 2.05) is 6.92 Å². The third kappa shape index (κ3) is 2.26. The summed E-state index contributed by atoms with van der Waals surface area (Å²) in [4.78, 5) is 24.7. The number of carbonyl (C=O) groups excluding carboxylic acids is 2. The van der Waals surface area contributed by atoms with Crippen LogP contribution in [0.4, 0.5) is 0 Å². The quantitative estimate of drug-likeness (QED) is 0.781. The van der Waals surface area contributed by atoms with E-state index < -0.39 is 0 Å². The molecule has 0 saturated carbocycles. The molecule has 1 saturated heterocycles. The van der Waals surface area contributed by atoms with Crippen molar-refractivity contribution in [2.75, 3.05) is 6.54 Å². The number of aryl methyl sites for hydroxylation is 2. The van der Waals surface area contributed by atoms with Gasteiger partial charge in [-0.25, -0.2) is 0 Å². The molecule has 2 heterocycles. The van der Waals surface area contributed by atoms with Gasteiger partial charge in [-0.1, -0.05) is 11.6 Å². The smallest absolute Gasteiger partial charge is 0.243 e. The number of nitrogens with one attached hydrogen (secondary N) is 1. The van der Waals surface area contributed by atoms with Gasteiger partial charge in [0.05, 0.1) is 18.3 Å². The predicted molar refractivity (Wildman–Crippen MR) is 66.0 cm³/mol. The van der Waals surface area contributed by atoms with Gasteiger partial charge in [-0.05, 0) is 13.8 Å². The molecular formula is C11H15ClN4O2. The Kier molecular flexibility index (Phi) is 3.41. The van der Waals surface area contributed by atoms with Gasteiger partial charge in [-0.3, -0.25) is 24.5 Å². The molecule has 0 aliphatic carbocycles. The molecule has 0 radical (unpaired) electrons. The molecule has 1 aliphatic rings. The molecule has 1 aromatic rings. The zero-order valence-electron chi connectivity index (χ0n) is 10.5. The molecule has 0 aromatic carbocycles. The minimum Gasteiger partial charge on any atom is -0.294 e. The van der Waals surface area contributed by atoms with Crippen molar-refractivity contribution in [1.29, 1.82) is 0 Å². The Hall–Kier alpha value is -1.40. The summed E-state index contributed by atoms with van der Waals surface area (Å²) >= 11 is 6.14. The number of imide groups is 1. The highest BCUT2D eigenvalue weighted by Gasteiger charge is 2.31. The summed E-state index contributed by atoms with van der Waals surface area (Å²) in [7, 11) is 1.76. The van der Waals surface area contributed by atoms with E-state index in [1.165, 1.54) is 0 Å². The molecule has 2 amide bonds. The lowest BCUT2D eigenvalue weighted by atomic mass is 10.1. The fourth-order valence-electron chi connectivity index (χ4n) is 2.02. The van der Waals surface area contributed by atoms with Crippen molar-refractivity contribution >= 4 is 23.4 Å². The summed E-state index contributed by atoms with van der Waals surface area (Å²) in [5, 5.41) is 7.06. The largest absolute Gasteiger partial charge is 0.294 e. The number of halogens is 1. The van der Waals surface area contributed by atoms with E-state index in [-0.39, 0.29) is 24.4 Å². The average molecular weight is 271 g/mol. The van der Waals surface area contributed by atoms with Crippen molar-refractivity contribution in [3.05, 3.63) is 16.4 Å². The van der Waals surface area contributed by atoms with Crippen LogP contribution in [-0.4, -0.2) is 39.1 Å². The number of hydrogen-bond donors (Lipinski definition) is 1. The second-order valence-electron chi connectivity index (χ2n) is 4.47. The zero-order chi connectivity index (χ0) is 13.4. The summed E-state index contributed by atoms with van der Waals surface area (Å²) in [6.45, 7) is 4.26. The van der Waals surface area contributed by atoms with Gasteiger partial charge in [0.25, 0.3) is 0 Å². The number of rotatable bonds is 2. The van der Waals surface area contributed by atoms with E-state index in [0.29, 0.717) is 11.7 Å². The van der Waals surface area contributed by atoms with Gasteiger partial charge in [-0.15, -0.1) is 0 Å². The first kappa shape index (κ1) is 13.0. The van der Waals surface area contributed by atoms with Crippen molar-refractivity contribution in [3.63, 3.8) is 0 Å². The van der Waals surface area contributed by atoms with Crippen LogP contribution < -0.4 is 5.32 Å². The fraction of sp³-hybridized carbons (Fsp3) is 0.545. The van der Waals surface area contributed by atoms with Gasteiger partial charge in [0.1, 0.15) is 5.15 Å². The molecule has 1 aliphatic heterocycles. The molecule has 98 valence electrons. The Labute approximate surface area is 110 Å². The van der Waals surface area contributed by atoms with Crippen LogP contribution in [0.3, 0.4) is 0 Å². The Morgan fingerprint density at radius 3 is 2.72 bits per heavy atom. The molecule has 18 heavy (non-hydrogen) atoms. The van der Waals surface area contributed by atoms with E-state index in [0.717, 1.165) is 11.3 Å². The van der Waals surface area contributed by atoms with Crippen molar-refractivity contribution in [3.8, 4) is 0 Å². The van der Waals surface area contributed by atoms with Gasteiger partial charge in [-0.2, -0.15) is 5.10 Å². The number of piperazine rings is 1. The van der Waals surface area contributed by atoms with Crippen LogP contribution in [-0.2, 0) is 23.2 Å². The number of amides is 2. The van der Waals surface area contributed by atoms with Crippen molar-refractivity contribution in [2.45, 2.75) is 26.4 Å². The number of nitrogens with zero attached hydrogens (tertiary/aromatic N) is 3. The highest BCUT2D eigenvalue weighted by Crippen LogP contribution is 2.22. The summed E-state index contributed by atoms with van der Waals surface area (Å²) in [6, 6.07) is -0.349. The number of hydrogen-bond acceptors (Lipinski definition) is 4. The summed E-state index contributed by atoms with van der Waals surface area (Å²) in [6.07, 6.45) is 0. The van der Waals surface area contributed by atoms with E-state index in [9.17, 15) is 9.59 Å². The molecule has 1 aromatic heterocycles. The average Bonchev–Trinajstić information content (AvgIpc) is 2.52. The third-order valence-electron chi connectivity index (χ3n) is 3.17.